The number of rotatable bonds is 7. The van der Waals surface area contributed by atoms with Gasteiger partial charge in [0, 0.05) is 0 Å². The van der Waals surface area contributed by atoms with Crippen LogP contribution in [0.25, 0.3) is 0 Å². The minimum absolute atomic E-state index is 0.334. The number of halogens is 4. The number of nitrogens with one attached hydrogen (secondary N) is 1. The summed E-state index contributed by atoms with van der Waals surface area (Å²) in [5.41, 5.74) is -1.87. The van der Waals surface area contributed by atoms with Gasteiger partial charge in [0.1, 0.15) is 17.8 Å². The van der Waals surface area contributed by atoms with E-state index in [1.54, 1.807) is 20.8 Å². The molecule has 0 spiro atoms. The first-order valence-corrected chi connectivity index (χ1v) is 8.05. The monoisotopic (exact) mass is 437 g/mol. The Labute approximate surface area is 142 Å². The van der Waals surface area contributed by atoms with E-state index in [-0.39, 0.29) is 6.42 Å². The lowest BCUT2D eigenvalue weighted by molar-refractivity contribution is -0.124. The van der Waals surface area contributed by atoms with E-state index in [1.807, 2.05) is 5.32 Å². The van der Waals surface area contributed by atoms with Gasteiger partial charge in [0.05, 0.1) is 6.67 Å². The number of amides is 1. The van der Waals surface area contributed by atoms with Crippen LogP contribution in [0.1, 0.15) is 41.0 Å². The zero-order valence-electron chi connectivity index (χ0n) is 13.4. The Bertz CT molecular complexity index is 397. The van der Waals surface area contributed by atoms with Gasteiger partial charge in [-0.25, -0.2) is 13.6 Å². The number of ether oxygens (including phenoxy) is 1. The molecule has 0 saturated heterocycles. The fourth-order valence-corrected chi connectivity index (χ4v) is 2.00. The summed E-state index contributed by atoms with van der Waals surface area (Å²) in [4.78, 5) is 23.5. The molecule has 8 heteroatoms. The second-order valence-electron chi connectivity index (χ2n) is 6.84. The maximum absolute atomic E-state index is 14.3. The molecule has 130 valence electrons. The highest BCUT2D eigenvalue weighted by Gasteiger charge is 2.38. The van der Waals surface area contributed by atoms with Crippen LogP contribution < -0.4 is 5.32 Å². The molecule has 0 bridgehead atoms. The summed E-state index contributed by atoms with van der Waals surface area (Å²) >= 11 is 1.19. The van der Waals surface area contributed by atoms with Crippen molar-refractivity contribution in [1.29, 1.82) is 0 Å². The molecule has 0 aliphatic carbocycles. The normalized spacial score (nSPS) is 16.6. The Balaban J connectivity index is 5.06. The van der Waals surface area contributed by atoms with Crippen LogP contribution in [0.3, 0.4) is 0 Å². The van der Waals surface area contributed by atoms with E-state index in [1.165, 1.54) is 36.4 Å². The van der Waals surface area contributed by atoms with Crippen molar-refractivity contribution in [3.05, 3.63) is 0 Å². The lowest BCUT2D eigenvalue weighted by atomic mass is 9.86. The van der Waals surface area contributed by atoms with E-state index < -0.39 is 46.0 Å². The van der Waals surface area contributed by atoms with Crippen LogP contribution in [0.5, 0.6) is 0 Å². The molecule has 22 heavy (non-hydrogen) atoms. The van der Waals surface area contributed by atoms with Crippen LogP contribution in [0, 0.1) is 5.41 Å². The average Bonchev–Trinajstić information content (AvgIpc) is 2.32. The summed E-state index contributed by atoms with van der Waals surface area (Å²) < 4.78 is 43.3. The van der Waals surface area contributed by atoms with Crippen molar-refractivity contribution in [2.24, 2.45) is 5.41 Å². The minimum Gasteiger partial charge on any atom is -0.444 e. The van der Waals surface area contributed by atoms with Crippen LogP contribution in [0.2, 0.25) is 0 Å². The van der Waals surface area contributed by atoms with Crippen LogP contribution in [-0.4, -0.2) is 40.5 Å². The van der Waals surface area contributed by atoms with Gasteiger partial charge in [0.15, 0.2) is 0 Å². The molecule has 0 aromatic carbocycles. The molecular weight excluding hydrogens is 414 g/mol. The molecule has 1 N–H and O–H groups in total. The number of ketones is 1. The number of alkyl carbamates (subject to hydrolysis) is 1. The van der Waals surface area contributed by atoms with Crippen molar-refractivity contribution in [3.8, 4) is 0 Å². The summed E-state index contributed by atoms with van der Waals surface area (Å²) in [6.07, 6.45) is -3.28. The van der Waals surface area contributed by atoms with Gasteiger partial charge in [-0.05, 0) is 55.2 Å². The van der Waals surface area contributed by atoms with Gasteiger partial charge in [-0.3, -0.25) is 9.18 Å². The standard InChI is InChI=1S/C14H23F3INO3/c1-13(2,3)22-12(21)19-9(10(20)11(17)18)8(16)6-14(4,5)7-15/h8-9,11H,6-7H2,1-5H3,(H,19,21). The van der Waals surface area contributed by atoms with E-state index >= 15 is 0 Å². The summed E-state index contributed by atoms with van der Waals surface area (Å²) in [6, 6.07) is -1.72. The van der Waals surface area contributed by atoms with Crippen molar-refractivity contribution in [2.45, 2.75) is 63.0 Å². The quantitative estimate of drug-likeness (QED) is 0.486. The first kappa shape index (κ1) is 21.5. The first-order chi connectivity index (χ1) is 9.79. The third kappa shape index (κ3) is 8.19. The highest BCUT2D eigenvalue weighted by Crippen LogP contribution is 2.27. The number of alkyl halides is 4. The van der Waals surface area contributed by atoms with Gasteiger partial charge in [-0.1, -0.05) is 13.8 Å². The Morgan fingerprint density at radius 3 is 2.05 bits per heavy atom. The molecular formula is C14H23F3INO3. The maximum atomic E-state index is 14.3. The zero-order chi connectivity index (χ0) is 17.7. The number of hydrogen-bond acceptors (Lipinski definition) is 3. The van der Waals surface area contributed by atoms with Gasteiger partial charge < -0.3 is 10.1 Å². The van der Waals surface area contributed by atoms with E-state index in [0.29, 0.717) is 0 Å². The Morgan fingerprint density at radius 1 is 1.18 bits per heavy atom. The summed E-state index contributed by atoms with van der Waals surface area (Å²) in [7, 11) is 0. The molecule has 0 rings (SSSR count). The lowest BCUT2D eigenvalue weighted by Gasteiger charge is -2.29. The molecule has 1 amide bonds. The predicted molar refractivity (Wildman–Crippen MR) is 86.3 cm³/mol. The molecule has 0 radical (unpaired) electrons. The summed E-state index contributed by atoms with van der Waals surface area (Å²) in [5.74, 6) is -1.12. The molecule has 0 fully saturated rings. The molecule has 0 saturated carbocycles. The second-order valence-corrected chi connectivity index (χ2v) is 7.94. The third-order valence-corrected chi connectivity index (χ3v) is 3.28. The Hall–Kier alpha value is -0.540. The molecule has 0 aliphatic heterocycles. The number of carbonyl (C=O) groups is 2. The maximum Gasteiger partial charge on any atom is 0.408 e. The smallest absolute Gasteiger partial charge is 0.408 e. The average molecular weight is 437 g/mol. The summed E-state index contributed by atoms with van der Waals surface area (Å²) in [6.45, 7) is 6.94. The first-order valence-electron chi connectivity index (χ1n) is 6.80. The highest BCUT2D eigenvalue weighted by atomic mass is 127. The molecule has 0 aromatic heterocycles. The fraction of sp³-hybridized carbons (Fsp3) is 0.857. The predicted octanol–water partition coefficient (Wildman–Crippen LogP) is 3.90. The van der Waals surface area contributed by atoms with Crippen LogP contribution in [-0.2, 0) is 9.53 Å². The highest BCUT2D eigenvalue weighted by molar-refractivity contribution is 14.1. The van der Waals surface area contributed by atoms with E-state index in [0.717, 1.165) is 0 Å². The van der Waals surface area contributed by atoms with Gasteiger partial charge in [-0.15, -0.1) is 0 Å². The van der Waals surface area contributed by atoms with Crippen molar-refractivity contribution in [2.75, 3.05) is 6.67 Å². The number of hydrogen-bond donors (Lipinski definition) is 1. The SMILES string of the molecule is CC(C)(CF)CC(F)C(NC(=O)OC(C)(C)C)C(=O)C(F)I. The van der Waals surface area contributed by atoms with Crippen LogP contribution >= 0.6 is 22.6 Å². The lowest BCUT2D eigenvalue weighted by Crippen LogP contribution is -2.51. The van der Waals surface area contributed by atoms with E-state index in [4.69, 9.17) is 4.74 Å². The molecule has 0 aliphatic rings. The van der Waals surface area contributed by atoms with Gasteiger partial charge in [-0.2, -0.15) is 0 Å². The molecule has 0 aromatic rings. The number of carbonyl (C=O) groups excluding carboxylic acids is 2. The molecule has 0 heterocycles. The Morgan fingerprint density at radius 2 is 1.68 bits per heavy atom. The van der Waals surface area contributed by atoms with Crippen molar-refractivity contribution in [1.82, 2.24) is 5.32 Å². The number of Topliss-reactive ketones (excluding diaryl/α,β-unsaturated/α-hetero) is 1. The van der Waals surface area contributed by atoms with Crippen molar-refractivity contribution < 1.29 is 27.5 Å². The van der Waals surface area contributed by atoms with E-state index in [2.05, 4.69) is 0 Å². The van der Waals surface area contributed by atoms with Crippen LogP contribution in [0.15, 0.2) is 0 Å². The molecule has 4 nitrogen and oxygen atoms in total. The van der Waals surface area contributed by atoms with Crippen LogP contribution in [0.4, 0.5) is 18.0 Å². The summed E-state index contributed by atoms with van der Waals surface area (Å²) in [5, 5.41) is 2.05. The minimum atomic E-state index is -1.98. The zero-order valence-corrected chi connectivity index (χ0v) is 15.5. The van der Waals surface area contributed by atoms with Gasteiger partial charge >= 0.3 is 6.09 Å². The van der Waals surface area contributed by atoms with E-state index in [9.17, 15) is 22.8 Å². The van der Waals surface area contributed by atoms with Crippen molar-refractivity contribution in [3.63, 3.8) is 0 Å². The van der Waals surface area contributed by atoms with Gasteiger partial charge in [0.25, 0.3) is 0 Å². The second kappa shape index (κ2) is 8.35. The third-order valence-electron chi connectivity index (χ3n) is 2.66. The topological polar surface area (TPSA) is 55.4 Å². The molecule has 3 atom stereocenters. The molecule has 3 unspecified atom stereocenters. The fourth-order valence-electron chi connectivity index (χ4n) is 1.61. The Kier molecular flexibility index (Phi) is 8.15. The largest absolute Gasteiger partial charge is 0.444 e. The van der Waals surface area contributed by atoms with Gasteiger partial charge in [0.2, 0.25) is 9.96 Å². The van der Waals surface area contributed by atoms with Crippen molar-refractivity contribution >= 4 is 34.5 Å².